The van der Waals surface area contributed by atoms with Crippen LogP contribution < -0.4 is 10.6 Å². The maximum Gasteiger partial charge on any atom is 0.407 e. The van der Waals surface area contributed by atoms with Gasteiger partial charge >= 0.3 is 6.09 Å². The van der Waals surface area contributed by atoms with Crippen molar-refractivity contribution in [2.75, 3.05) is 13.1 Å². The van der Waals surface area contributed by atoms with Gasteiger partial charge in [0.05, 0.1) is 0 Å². The van der Waals surface area contributed by atoms with Crippen LogP contribution in [0.15, 0.2) is 11.6 Å². The SMILES string of the molecule is C=C(Cl)CNC1CCCCC1CNC(=O)OC(C)(C)C. The molecule has 0 radical (unpaired) electrons. The first kappa shape index (κ1) is 17.3. The summed E-state index contributed by atoms with van der Waals surface area (Å²) in [5.74, 6) is 0.423. The summed E-state index contributed by atoms with van der Waals surface area (Å²) in [5.41, 5.74) is -0.454. The van der Waals surface area contributed by atoms with E-state index in [1.807, 2.05) is 20.8 Å². The van der Waals surface area contributed by atoms with E-state index in [-0.39, 0.29) is 6.09 Å². The normalized spacial score (nSPS) is 23.2. The fraction of sp³-hybridized carbons (Fsp3) is 0.800. The van der Waals surface area contributed by atoms with Gasteiger partial charge in [0, 0.05) is 24.2 Å². The van der Waals surface area contributed by atoms with Crippen LogP contribution in [-0.4, -0.2) is 30.8 Å². The zero-order chi connectivity index (χ0) is 15.2. The average Bonchev–Trinajstić information content (AvgIpc) is 2.32. The highest BCUT2D eigenvalue weighted by molar-refractivity contribution is 6.29. The van der Waals surface area contributed by atoms with E-state index in [2.05, 4.69) is 17.2 Å². The molecule has 1 amide bonds. The van der Waals surface area contributed by atoms with E-state index in [0.717, 1.165) is 12.8 Å². The van der Waals surface area contributed by atoms with E-state index in [9.17, 15) is 4.79 Å². The third-order valence-corrected chi connectivity index (χ3v) is 3.51. The molecule has 0 aromatic carbocycles. The molecule has 1 saturated carbocycles. The Morgan fingerprint density at radius 3 is 2.60 bits per heavy atom. The summed E-state index contributed by atoms with van der Waals surface area (Å²) < 4.78 is 5.26. The molecule has 0 bridgehead atoms. The lowest BCUT2D eigenvalue weighted by Crippen LogP contribution is -2.45. The van der Waals surface area contributed by atoms with Crippen LogP contribution in [-0.2, 0) is 4.74 Å². The molecule has 4 nitrogen and oxygen atoms in total. The lowest BCUT2D eigenvalue weighted by atomic mass is 9.84. The summed E-state index contributed by atoms with van der Waals surface area (Å²) in [6.07, 6.45) is 4.31. The minimum absolute atomic E-state index is 0.344. The van der Waals surface area contributed by atoms with Crippen LogP contribution in [0.25, 0.3) is 0 Å². The van der Waals surface area contributed by atoms with Crippen LogP contribution in [0.1, 0.15) is 46.5 Å². The molecule has 0 saturated heterocycles. The van der Waals surface area contributed by atoms with Gasteiger partial charge in [0.1, 0.15) is 5.60 Å². The molecule has 1 aliphatic carbocycles. The van der Waals surface area contributed by atoms with Crippen molar-refractivity contribution in [3.63, 3.8) is 0 Å². The van der Waals surface area contributed by atoms with E-state index >= 15 is 0 Å². The van der Waals surface area contributed by atoms with Crippen LogP contribution in [0.3, 0.4) is 0 Å². The Morgan fingerprint density at radius 2 is 2.00 bits per heavy atom. The second-order valence-corrected chi connectivity index (χ2v) is 6.97. The molecule has 116 valence electrons. The number of alkyl carbamates (subject to hydrolysis) is 1. The zero-order valence-electron chi connectivity index (χ0n) is 12.8. The highest BCUT2D eigenvalue weighted by Crippen LogP contribution is 2.24. The standard InChI is InChI=1S/C15H27ClN2O2/c1-11(16)9-17-13-8-6-5-7-12(13)10-18-14(19)20-15(2,3)4/h12-13,17H,1,5-10H2,2-4H3,(H,18,19). The van der Waals surface area contributed by atoms with Gasteiger partial charge in [0.25, 0.3) is 0 Å². The average molecular weight is 303 g/mol. The third-order valence-electron chi connectivity index (χ3n) is 3.37. The fourth-order valence-electron chi connectivity index (χ4n) is 2.49. The zero-order valence-corrected chi connectivity index (χ0v) is 13.6. The second-order valence-electron chi connectivity index (χ2n) is 6.43. The number of carbonyl (C=O) groups excluding carboxylic acids is 1. The van der Waals surface area contributed by atoms with Gasteiger partial charge in [-0.15, -0.1) is 0 Å². The predicted octanol–water partition coefficient (Wildman–Crippen LogP) is 3.41. The van der Waals surface area contributed by atoms with Gasteiger partial charge in [-0.1, -0.05) is 31.0 Å². The van der Waals surface area contributed by atoms with Crippen LogP contribution in [0.5, 0.6) is 0 Å². The molecule has 20 heavy (non-hydrogen) atoms. The molecule has 0 heterocycles. The Morgan fingerprint density at radius 1 is 1.35 bits per heavy atom. The maximum absolute atomic E-state index is 11.7. The summed E-state index contributed by atoms with van der Waals surface area (Å²) >= 11 is 5.80. The van der Waals surface area contributed by atoms with E-state index in [0.29, 0.717) is 30.1 Å². The molecule has 0 aromatic heterocycles. The molecule has 1 rings (SSSR count). The van der Waals surface area contributed by atoms with Gasteiger partial charge < -0.3 is 15.4 Å². The Balaban J connectivity index is 2.38. The highest BCUT2D eigenvalue weighted by Gasteiger charge is 2.26. The van der Waals surface area contributed by atoms with Crippen LogP contribution in [0.4, 0.5) is 4.79 Å². The maximum atomic E-state index is 11.7. The number of hydrogen-bond acceptors (Lipinski definition) is 3. The lowest BCUT2D eigenvalue weighted by Gasteiger charge is -2.32. The molecule has 5 heteroatoms. The number of nitrogens with one attached hydrogen (secondary N) is 2. The van der Waals surface area contributed by atoms with Crippen molar-refractivity contribution in [2.24, 2.45) is 5.92 Å². The van der Waals surface area contributed by atoms with Gasteiger partial charge in [-0.25, -0.2) is 4.79 Å². The first-order valence-corrected chi connectivity index (χ1v) is 7.69. The number of halogens is 1. The van der Waals surface area contributed by atoms with Crippen molar-refractivity contribution in [2.45, 2.75) is 58.1 Å². The number of carbonyl (C=O) groups is 1. The highest BCUT2D eigenvalue weighted by atomic mass is 35.5. The van der Waals surface area contributed by atoms with Crippen molar-refractivity contribution in [3.8, 4) is 0 Å². The first-order valence-electron chi connectivity index (χ1n) is 7.31. The van der Waals surface area contributed by atoms with Crippen molar-refractivity contribution >= 4 is 17.7 Å². The van der Waals surface area contributed by atoms with E-state index in [4.69, 9.17) is 16.3 Å². The van der Waals surface area contributed by atoms with Gasteiger partial charge in [-0.3, -0.25) is 0 Å². The van der Waals surface area contributed by atoms with E-state index in [1.165, 1.54) is 12.8 Å². The number of ether oxygens (including phenoxy) is 1. The first-order chi connectivity index (χ1) is 9.28. The van der Waals surface area contributed by atoms with Crippen molar-refractivity contribution < 1.29 is 9.53 Å². The van der Waals surface area contributed by atoms with Crippen molar-refractivity contribution in [1.29, 1.82) is 0 Å². The molecular formula is C15H27ClN2O2. The molecule has 0 aromatic rings. The predicted molar refractivity (Wildman–Crippen MR) is 83.0 cm³/mol. The van der Waals surface area contributed by atoms with Gasteiger partial charge in [0.15, 0.2) is 0 Å². The van der Waals surface area contributed by atoms with Crippen LogP contribution >= 0.6 is 11.6 Å². The lowest BCUT2D eigenvalue weighted by molar-refractivity contribution is 0.0511. The second kappa shape index (κ2) is 7.89. The topological polar surface area (TPSA) is 50.4 Å². The smallest absolute Gasteiger partial charge is 0.407 e. The Hall–Kier alpha value is -0.740. The van der Waals surface area contributed by atoms with Crippen molar-refractivity contribution in [3.05, 3.63) is 11.6 Å². The molecule has 2 unspecified atom stereocenters. The molecule has 2 N–H and O–H groups in total. The minimum Gasteiger partial charge on any atom is -0.444 e. The Kier molecular flexibility index (Phi) is 6.83. The molecule has 0 spiro atoms. The van der Waals surface area contributed by atoms with Crippen LogP contribution in [0, 0.1) is 5.92 Å². The van der Waals surface area contributed by atoms with E-state index in [1.54, 1.807) is 0 Å². The number of hydrogen-bond donors (Lipinski definition) is 2. The molecule has 1 fully saturated rings. The molecule has 0 aliphatic heterocycles. The summed E-state index contributed by atoms with van der Waals surface area (Å²) in [5, 5.41) is 6.91. The number of rotatable bonds is 5. The number of amides is 1. The van der Waals surface area contributed by atoms with Gasteiger partial charge in [-0.05, 0) is 39.5 Å². The summed E-state index contributed by atoms with van der Waals surface area (Å²) in [6, 6.07) is 0.384. The van der Waals surface area contributed by atoms with Crippen molar-refractivity contribution in [1.82, 2.24) is 10.6 Å². The largest absolute Gasteiger partial charge is 0.444 e. The minimum atomic E-state index is -0.454. The quantitative estimate of drug-likeness (QED) is 0.818. The Bertz CT molecular complexity index is 339. The van der Waals surface area contributed by atoms with Crippen LogP contribution in [0.2, 0.25) is 0 Å². The molecule has 2 atom stereocenters. The fourth-order valence-corrected chi connectivity index (χ4v) is 2.57. The molecule has 1 aliphatic rings. The third kappa shape index (κ3) is 7.15. The van der Waals surface area contributed by atoms with Gasteiger partial charge in [-0.2, -0.15) is 0 Å². The van der Waals surface area contributed by atoms with Gasteiger partial charge in [0.2, 0.25) is 0 Å². The summed E-state index contributed by atoms with van der Waals surface area (Å²) in [4.78, 5) is 11.7. The van der Waals surface area contributed by atoms with E-state index < -0.39 is 5.60 Å². The summed E-state index contributed by atoms with van der Waals surface area (Å²) in [7, 11) is 0. The molecular weight excluding hydrogens is 276 g/mol. The monoisotopic (exact) mass is 302 g/mol. The Labute approximate surface area is 127 Å². The summed E-state index contributed by atoms with van der Waals surface area (Å²) in [6.45, 7) is 10.5.